The minimum Gasteiger partial charge on any atom is -0.449 e. The van der Waals surface area contributed by atoms with E-state index in [1.165, 1.54) is 6.92 Å². The van der Waals surface area contributed by atoms with E-state index in [9.17, 15) is 9.59 Å². The molecule has 0 fully saturated rings. The van der Waals surface area contributed by atoms with Gasteiger partial charge in [0.25, 0.3) is 5.91 Å². The number of nitrogens with zero attached hydrogens (tertiary/aromatic N) is 1. The quantitative estimate of drug-likeness (QED) is 0.737. The summed E-state index contributed by atoms with van der Waals surface area (Å²) in [5, 5.41) is 12.4. The van der Waals surface area contributed by atoms with Crippen LogP contribution in [0.3, 0.4) is 0 Å². The molecule has 0 bridgehead atoms. The molecule has 1 amide bonds. The molecule has 1 heterocycles. The van der Waals surface area contributed by atoms with Crippen molar-refractivity contribution in [1.29, 1.82) is 5.26 Å². The Labute approximate surface area is 143 Å². The third-order valence-electron chi connectivity index (χ3n) is 3.59. The van der Waals surface area contributed by atoms with E-state index in [1.54, 1.807) is 42.5 Å². The first kappa shape index (κ1) is 16.3. The van der Waals surface area contributed by atoms with E-state index in [-0.39, 0.29) is 5.76 Å². The van der Waals surface area contributed by atoms with Gasteiger partial charge in [-0.25, -0.2) is 4.79 Å². The van der Waals surface area contributed by atoms with Crippen molar-refractivity contribution in [2.45, 2.75) is 13.0 Å². The topological polar surface area (TPSA) is 92.3 Å². The average molecular weight is 334 g/mol. The Bertz CT molecular complexity index is 951. The fourth-order valence-corrected chi connectivity index (χ4v) is 2.28. The maximum absolute atomic E-state index is 12.2. The maximum Gasteiger partial charge on any atom is 0.375 e. The molecule has 3 rings (SSSR count). The molecule has 0 aliphatic heterocycles. The van der Waals surface area contributed by atoms with Crippen LogP contribution in [0, 0.1) is 11.3 Å². The summed E-state index contributed by atoms with van der Waals surface area (Å²) >= 11 is 0. The van der Waals surface area contributed by atoms with Crippen LogP contribution in [0.15, 0.2) is 59.0 Å². The second-order valence-corrected chi connectivity index (χ2v) is 5.34. The van der Waals surface area contributed by atoms with Gasteiger partial charge < -0.3 is 14.5 Å². The van der Waals surface area contributed by atoms with Crippen molar-refractivity contribution in [2.75, 3.05) is 5.32 Å². The second-order valence-electron chi connectivity index (χ2n) is 5.34. The average Bonchev–Trinajstić information content (AvgIpc) is 3.06. The molecule has 0 saturated carbocycles. The number of ether oxygens (including phenoxy) is 1. The molecule has 0 unspecified atom stereocenters. The standard InChI is InChI=1S/C19H14N2O4/c1-12(18(22)21-15-8-4-2-7-14(15)11-20)24-19(23)17-10-13-6-3-5-9-16(13)25-17/h2-10,12H,1H3,(H,21,22)/t12-/m1/s1. The van der Waals surface area contributed by atoms with Gasteiger partial charge >= 0.3 is 5.97 Å². The zero-order chi connectivity index (χ0) is 17.8. The lowest BCUT2D eigenvalue weighted by molar-refractivity contribution is -0.123. The molecule has 3 aromatic rings. The van der Waals surface area contributed by atoms with E-state index in [2.05, 4.69) is 5.32 Å². The van der Waals surface area contributed by atoms with Gasteiger partial charge in [-0.2, -0.15) is 5.26 Å². The van der Waals surface area contributed by atoms with Crippen molar-refractivity contribution in [3.8, 4) is 6.07 Å². The van der Waals surface area contributed by atoms with Gasteiger partial charge in [0.15, 0.2) is 6.10 Å². The molecule has 6 nitrogen and oxygen atoms in total. The van der Waals surface area contributed by atoms with Gasteiger partial charge in [0.1, 0.15) is 11.7 Å². The zero-order valence-corrected chi connectivity index (χ0v) is 13.4. The van der Waals surface area contributed by atoms with Gasteiger partial charge in [0, 0.05) is 5.39 Å². The summed E-state index contributed by atoms with van der Waals surface area (Å²) in [6.45, 7) is 1.45. The molecule has 1 aromatic heterocycles. The highest BCUT2D eigenvalue weighted by molar-refractivity contribution is 5.98. The largest absolute Gasteiger partial charge is 0.449 e. The van der Waals surface area contributed by atoms with Crippen LogP contribution in [0.25, 0.3) is 11.0 Å². The second kappa shape index (κ2) is 6.89. The first-order valence-corrected chi connectivity index (χ1v) is 7.58. The van der Waals surface area contributed by atoms with Crippen LogP contribution in [0.1, 0.15) is 23.0 Å². The fourth-order valence-electron chi connectivity index (χ4n) is 2.28. The van der Waals surface area contributed by atoms with Crippen LogP contribution in [0.5, 0.6) is 0 Å². The molecule has 6 heteroatoms. The SMILES string of the molecule is C[C@@H](OC(=O)c1cc2ccccc2o1)C(=O)Nc1ccccc1C#N. The zero-order valence-electron chi connectivity index (χ0n) is 13.4. The van der Waals surface area contributed by atoms with E-state index in [4.69, 9.17) is 14.4 Å². The lowest BCUT2D eigenvalue weighted by Crippen LogP contribution is -2.30. The number of carbonyl (C=O) groups is 2. The minimum absolute atomic E-state index is 0.0262. The van der Waals surface area contributed by atoms with E-state index in [0.29, 0.717) is 16.8 Å². The molecule has 0 aliphatic rings. The normalized spacial score (nSPS) is 11.5. The predicted octanol–water partition coefficient (Wildman–Crippen LogP) is 3.49. The molecule has 25 heavy (non-hydrogen) atoms. The van der Waals surface area contributed by atoms with E-state index in [0.717, 1.165) is 5.39 Å². The predicted molar refractivity (Wildman–Crippen MR) is 90.9 cm³/mol. The molecule has 0 radical (unpaired) electrons. The van der Waals surface area contributed by atoms with Crippen LogP contribution in [-0.4, -0.2) is 18.0 Å². The number of carbonyl (C=O) groups excluding carboxylic acids is 2. The van der Waals surface area contributed by atoms with Gasteiger partial charge in [0.05, 0.1) is 11.3 Å². The summed E-state index contributed by atoms with van der Waals surface area (Å²) in [7, 11) is 0. The Hall–Kier alpha value is -3.59. The van der Waals surface area contributed by atoms with E-state index < -0.39 is 18.0 Å². The smallest absolute Gasteiger partial charge is 0.375 e. The number of hydrogen-bond donors (Lipinski definition) is 1. The van der Waals surface area contributed by atoms with Crippen molar-refractivity contribution < 1.29 is 18.7 Å². The number of nitrogens with one attached hydrogen (secondary N) is 1. The van der Waals surface area contributed by atoms with Crippen LogP contribution < -0.4 is 5.32 Å². The van der Waals surface area contributed by atoms with Crippen molar-refractivity contribution in [1.82, 2.24) is 0 Å². The lowest BCUT2D eigenvalue weighted by Gasteiger charge is -2.13. The number of rotatable bonds is 4. The number of fused-ring (bicyclic) bond motifs is 1. The summed E-state index contributed by atoms with van der Waals surface area (Å²) in [6, 6.07) is 17.3. The Balaban J connectivity index is 1.68. The van der Waals surface area contributed by atoms with Gasteiger partial charge in [-0.15, -0.1) is 0 Å². The molecule has 2 aromatic carbocycles. The minimum atomic E-state index is -1.05. The maximum atomic E-state index is 12.2. The fraction of sp³-hybridized carbons (Fsp3) is 0.105. The summed E-state index contributed by atoms with van der Waals surface area (Å²) < 4.78 is 10.6. The van der Waals surface area contributed by atoms with Gasteiger partial charge in [0.2, 0.25) is 5.76 Å². The Morgan fingerprint density at radius 1 is 1.16 bits per heavy atom. The number of esters is 1. The summed E-state index contributed by atoms with van der Waals surface area (Å²) in [5.74, 6) is -1.24. The summed E-state index contributed by atoms with van der Waals surface area (Å²) in [6.07, 6.45) is -1.05. The van der Waals surface area contributed by atoms with Crippen LogP contribution in [-0.2, 0) is 9.53 Å². The van der Waals surface area contributed by atoms with E-state index in [1.807, 2.05) is 18.2 Å². The number of hydrogen-bond acceptors (Lipinski definition) is 5. The summed E-state index contributed by atoms with van der Waals surface area (Å²) in [5.41, 5.74) is 1.25. The van der Waals surface area contributed by atoms with Gasteiger partial charge in [-0.3, -0.25) is 4.79 Å². The molecule has 124 valence electrons. The molecular formula is C19H14N2O4. The Morgan fingerprint density at radius 3 is 2.64 bits per heavy atom. The number of furan rings is 1. The molecular weight excluding hydrogens is 320 g/mol. The third kappa shape index (κ3) is 3.51. The van der Waals surface area contributed by atoms with Crippen LogP contribution >= 0.6 is 0 Å². The highest BCUT2D eigenvalue weighted by atomic mass is 16.6. The number of para-hydroxylation sites is 2. The highest BCUT2D eigenvalue weighted by Gasteiger charge is 2.22. The monoisotopic (exact) mass is 334 g/mol. The highest BCUT2D eigenvalue weighted by Crippen LogP contribution is 2.20. The Kier molecular flexibility index (Phi) is 4.48. The number of nitriles is 1. The molecule has 1 atom stereocenters. The number of anilines is 1. The van der Waals surface area contributed by atoms with Crippen molar-refractivity contribution in [3.05, 3.63) is 65.9 Å². The van der Waals surface area contributed by atoms with Gasteiger partial charge in [-0.05, 0) is 31.2 Å². The van der Waals surface area contributed by atoms with Crippen LogP contribution in [0.2, 0.25) is 0 Å². The van der Waals surface area contributed by atoms with Crippen molar-refractivity contribution >= 4 is 28.5 Å². The third-order valence-corrected chi connectivity index (χ3v) is 3.59. The molecule has 1 N–H and O–H groups in total. The first-order valence-electron chi connectivity index (χ1n) is 7.58. The molecule has 0 saturated heterocycles. The Morgan fingerprint density at radius 2 is 1.88 bits per heavy atom. The lowest BCUT2D eigenvalue weighted by atomic mass is 10.2. The molecule has 0 spiro atoms. The summed E-state index contributed by atoms with van der Waals surface area (Å²) in [4.78, 5) is 24.3. The number of benzene rings is 2. The van der Waals surface area contributed by atoms with Crippen molar-refractivity contribution in [3.63, 3.8) is 0 Å². The van der Waals surface area contributed by atoms with Gasteiger partial charge in [-0.1, -0.05) is 30.3 Å². The van der Waals surface area contributed by atoms with E-state index >= 15 is 0 Å². The van der Waals surface area contributed by atoms with Crippen molar-refractivity contribution in [2.24, 2.45) is 0 Å². The number of amides is 1. The van der Waals surface area contributed by atoms with Crippen LogP contribution in [0.4, 0.5) is 5.69 Å². The first-order chi connectivity index (χ1) is 12.1. The molecule has 0 aliphatic carbocycles.